The molecule has 0 bridgehead atoms. The van der Waals surface area contributed by atoms with Crippen molar-refractivity contribution < 1.29 is 22.8 Å². The van der Waals surface area contributed by atoms with Crippen molar-refractivity contribution in [2.24, 2.45) is 0 Å². The van der Waals surface area contributed by atoms with Crippen LogP contribution in [0.4, 0.5) is 8.78 Å². The molecular formula is C15H15F2N3O3. The van der Waals surface area contributed by atoms with Gasteiger partial charge in [-0.25, -0.2) is 0 Å². The van der Waals surface area contributed by atoms with Crippen molar-refractivity contribution in [3.8, 4) is 11.4 Å². The van der Waals surface area contributed by atoms with Crippen LogP contribution in [0.5, 0.6) is 0 Å². The predicted octanol–water partition coefficient (Wildman–Crippen LogP) is 2.42. The summed E-state index contributed by atoms with van der Waals surface area (Å²) in [5.41, 5.74) is 2.66. The Hall–Kier alpha value is -2.35. The van der Waals surface area contributed by atoms with E-state index in [2.05, 4.69) is 20.0 Å². The van der Waals surface area contributed by atoms with Gasteiger partial charge in [0, 0.05) is 12.7 Å². The predicted molar refractivity (Wildman–Crippen MR) is 75.8 cm³/mol. The Kier molecular flexibility index (Phi) is 4.33. The molecule has 3 rings (SSSR count). The summed E-state index contributed by atoms with van der Waals surface area (Å²) in [6, 6.07) is 5.37. The van der Waals surface area contributed by atoms with Gasteiger partial charge < -0.3 is 14.6 Å². The summed E-state index contributed by atoms with van der Waals surface area (Å²) >= 11 is 0. The highest BCUT2D eigenvalue weighted by atomic mass is 19.3. The summed E-state index contributed by atoms with van der Waals surface area (Å²) in [5.74, 6) is -0.727. The Morgan fingerprint density at radius 3 is 3.04 bits per heavy atom. The van der Waals surface area contributed by atoms with Crippen molar-refractivity contribution in [3.05, 3.63) is 35.2 Å². The third-order valence-electron chi connectivity index (χ3n) is 3.72. The van der Waals surface area contributed by atoms with Crippen LogP contribution in [0.2, 0.25) is 0 Å². The molecule has 0 spiro atoms. The quantitative estimate of drug-likeness (QED) is 0.914. The summed E-state index contributed by atoms with van der Waals surface area (Å²) in [4.78, 5) is 15.3. The minimum atomic E-state index is -2.79. The molecule has 0 saturated carbocycles. The van der Waals surface area contributed by atoms with Crippen LogP contribution >= 0.6 is 0 Å². The minimum Gasteiger partial charge on any atom is -0.375 e. The smallest absolute Gasteiger partial charge is 0.315 e. The van der Waals surface area contributed by atoms with Gasteiger partial charge in [-0.3, -0.25) is 4.79 Å². The number of benzene rings is 1. The van der Waals surface area contributed by atoms with Crippen LogP contribution < -0.4 is 5.32 Å². The highest BCUT2D eigenvalue weighted by molar-refractivity contribution is 5.78. The van der Waals surface area contributed by atoms with Crippen LogP contribution in [0.3, 0.4) is 0 Å². The largest absolute Gasteiger partial charge is 0.375 e. The number of amides is 1. The zero-order valence-electron chi connectivity index (χ0n) is 12.4. The van der Waals surface area contributed by atoms with E-state index in [1.54, 1.807) is 6.07 Å². The number of nitrogens with zero attached hydrogens (tertiary/aromatic N) is 2. The molecule has 2 aromatic rings. The molecular weight excluding hydrogens is 308 g/mol. The monoisotopic (exact) mass is 323 g/mol. The van der Waals surface area contributed by atoms with Crippen LogP contribution in [-0.2, 0) is 16.0 Å². The Labute approximate surface area is 130 Å². The van der Waals surface area contributed by atoms with Gasteiger partial charge in [0.15, 0.2) is 0 Å². The second kappa shape index (κ2) is 6.41. The molecule has 1 amide bonds. The van der Waals surface area contributed by atoms with Gasteiger partial charge in [-0.05, 0) is 30.0 Å². The van der Waals surface area contributed by atoms with Crippen molar-refractivity contribution >= 4 is 5.91 Å². The number of carbonyl (C=O) groups is 1. The van der Waals surface area contributed by atoms with E-state index in [0.29, 0.717) is 5.56 Å². The van der Waals surface area contributed by atoms with Gasteiger partial charge in [0.25, 0.3) is 5.89 Å². The van der Waals surface area contributed by atoms with Crippen LogP contribution in [0.25, 0.3) is 11.4 Å². The molecule has 1 aliphatic rings. The number of aromatic nitrogens is 2. The number of aryl methyl sites for hydroxylation is 1. The van der Waals surface area contributed by atoms with E-state index >= 15 is 0 Å². The lowest BCUT2D eigenvalue weighted by atomic mass is 10.0. The maximum atomic E-state index is 12.5. The van der Waals surface area contributed by atoms with Crippen LogP contribution in [0.15, 0.2) is 22.7 Å². The van der Waals surface area contributed by atoms with Crippen molar-refractivity contribution in [2.75, 3.05) is 13.7 Å². The Balaban J connectivity index is 1.79. The van der Waals surface area contributed by atoms with Gasteiger partial charge in [0.2, 0.25) is 11.7 Å². The maximum Gasteiger partial charge on any atom is 0.315 e. The SMILES string of the molecule is COCC(=O)NC1CCc2cc(-c3noc(C(F)F)n3)ccc21. The first kappa shape index (κ1) is 15.5. The fraction of sp³-hybridized carbons (Fsp3) is 0.400. The van der Waals surface area contributed by atoms with E-state index in [1.165, 1.54) is 7.11 Å². The standard InChI is InChI=1S/C15H15F2N3O3/c1-22-7-12(21)18-11-5-3-8-6-9(2-4-10(8)11)14-19-15(13(16)17)23-20-14/h2,4,6,11,13H,3,5,7H2,1H3,(H,18,21). The van der Waals surface area contributed by atoms with Crippen molar-refractivity contribution in [1.82, 2.24) is 15.5 Å². The third kappa shape index (κ3) is 3.21. The minimum absolute atomic E-state index is 0.0170. The van der Waals surface area contributed by atoms with E-state index < -0.39 is 12.3 Å². The average Bonchev–Trinajstić information content (AvgIpc) is 3.14. The van der Waals surface area contributed by atoms with Gasteiger partial charge in [0.05, 0.1) is 6.04 Å². The molecule has 0 radical (unpaired) electrons. The first-order valence-electron chi connectivity index (χ1n) is 7.11. The number of halogens is 2. The number of nitrogens with one attached hydrogen (secondary N) is 1. The number of fused-ring (bicyclic) bond motifs is 1. The number of methoxy groups -OCH3 is 1. The summed E-state index contributed by atoms with van der Waals surface area (Å²) in [6.45, 7) is 0.0170. The molecule has 6 nitrogen and oxygen atoms in total. The van der Waals surface area contributed by atoms with Crippen LogP contribution in [0, 0.1) is 0 Å². The van der Waals surface area contributed by atoms with E-state index in [1.807, 2.05) is 12.1 Å². The van der Waals surface area contributed by atoms with Gasteiger partial charge in [-0.2, -0.15) is 13.8 Å². The van der Waals surface area contributed by atoms with Gasteiger partial charge in [-0.1, -0.05) is 17.3 Å². The molecule has 8 heteroatoms. The van der Waals surface area contributed by atoms with Crippen LogP contribution in [0.1, 0.15) is 35.9 Å². The fourth-order valence-electron chi connectivity index (χ4n) is 2.71. The maximum absolute atomic E-state index is 12.5. The number of alkyl halides is 2. The highest BCUT2D eigenvalue weighted by Crippen LogP contribution is 2.34. The van der Waals surface area contributed by atoms with Crippen molar-refractivity contribution in [1.29, 1.82) is 0 Å². The van der Waals surface area contributed by atoms with E-state index in [0.717, 1.165) is 24.0 Å². The molecule has 1 N–H and O–H groups in total. The lowest BCUT2D eigenvalue weighted by Crippen LogP contribution is -2.30. The molecule has 0 saturated heterocycles. The average molecular weight is 323 g/mol. The first-order valence-corrected chi connectivity index (χ1v) is 7.11. The lowest BCUT2D eigenvalue weighted by molar-refractivity contribution is -0.125. The molecule has 122 valence electrons. The van der Waals surface area contributed by atoms with E-state index in [-0.39, 0.29) is 24.4 Å². The number of rotatable bonds is 5. The van der Waals surface area contributed by atoms with Crippen LogP contribution in [-0.4, -0.2) is 29.8 Å². The van der Waals surface area contributed by atoms with Crippen molar-refractivity contribution in [2.45, 2.75) is 25.3 Å². The number of hydrogen-bond donors (Lipinski definition) is 1. The zero-order chi connectivity index (χ0) is 16.4. The topological polar surface area (TPSA) is 77.2 Å². The Bertz CT molecular complexity index is 718. The normalized spacial score (nSPS) is 16.6. The molecule has 1 heterocycles. The Morgan fingerprint density at radius 1 is 1.52 bits per heavy atom. The second-order valence-electron chi connectivity index (χ2n) is 5.26. The first-order chi connectivity index (χ1) is 11.1. The second-order valence-corrected chi connectivity index (χ2v) is 5.26. The number of ether oxygens (including phenoxy) is 1. The molecule has 1 aromatic heterocycles. The molecule has 0 aliphatic heterocycles. The molecule has 1 aromatic carbocycles. The van der Waals surface area contributed by atoms with Crippen molar-refractivity contribution in [3.63, 3.8) is 0 Å². The van der Waals surface area contributed by atoms with Gasteiger partial charge in [-0.15, -0.1) is 0 Å². The molecule has 1 aliphatic carbocycles. The van der Waals surface area contributed by atoms with Gasteiger partial charge >= 0.3 is 6.43 Å². The van der Waals surface area contributed by atoms with E-state index in [9.17, 15) is 13.6 Å². The zero-order valence-corrected chi connectivity index (χ0v) is 12.4. The molecule has 0 fully saturated rings. The van der Waals surface area contributed by atoms with E-state index in [4.69, 9.17) is 4.74 Å². The number of carbonyl (C=O) groups excluding carboxylic acids is 1. The molecule has 1 unspecified atom stereocenters. The van der Waals surface area contributed by atoms with Gasteiger partial charge in [0.1, 0.15) is 6.61 Å². The number of hydrogen-bond acceptors (Lipinski definition) is 5. The molecule has 1 atom stereocenters. The third-order valence-corrected chi connectivity index (χ3v) is 3.72. The molecule has 23 heavy (non-hydrogen) atoms. The Morgan fingerprint density at radius 2 is 2.35 bits per heavy atom. The lowest BCUT2D eigenvalue weighted by Gasteiger charge is -2.13. The summed E-state index contributed by atoms with van der Waals surface area (Å²) in [5, 5.41) is 6.47. The fourth-order valence-corrected chi connectivity index (χ4v) is 2.71. The highest BCUT2D eigenvalue weighted by Gasteiger charge is 2.25. The summed E-state index contributed by atoms with van der Waals surface area (Å²) in [6.07, 6.45) is -1.23. The summed E-state index contributed by atoms with van der Waals surface area (Å²) < 4.78 is 34.3. The summed E-state index contributed by atoms with van der Waals surface area (Å²) in [7, 11) is 1.47.